The molecule has 1 N–H and O–H groups in total. The number of rotatable bonds is 7. The van der Waals surface area contributed by atoms with Gasteiger partial charge in [-0.1, -0.05) is 0 Å². The van der Waals surface area contributed by atoms with Gasteiger partial charge in [-0.3, -0.25) is 9.78 Å². The fourth-order valence-electron chi connectivity index (χ4n) is 3.27. The van der Waals surface area contributed by atoms with Gasteiger partial charge in [0.15, 0.2) is 0 Å². The largest absolute Gasteiger partial charge is 0.465 e. The third-order valence-corrected chi connectivity index (χ3v) is 6.63. The molecule has 0 saturated carbocycles. The number of hydrogen-bond acceptors (Lipinski definition) is 7. The van der Waals surface area contributed by atoms with Crippen LogP contribution in [0.4, 0.5) is 11.4 Å². The van der Waals surface area contributed by atoms with E-state index in [1.807, 2.05) is 0 Å². The van der Waals surface area contributed by atoms with Crippen molar-refractivity contribution in [2.24, 2.45) is 0 Å². The molecule has 0 aliphatic carbocycles. The molecule has 1 aliphatic heterocycles. The quantitative estimate of drug-likeness (QED) is 0.664. The van der Waals surface area contributed by atoms with Crippen molar-refractivity contribution in [1.29, 1.82) is 0 Å². The number of aromatic nitrogens is 1. The van der Waals surface area contributed by atoms with Crippen molar-refractivity contribution >= 4 is 33.3 Å². The molecule has 1 amide bonds. The van der Waals surface area contributed by atoms with Crippen LogP contribution in [0.1, 0.15) is 23.2 Å². The third-order valence-electron chi connectivity index (χ3n) is 4.85. The van der Waals surface area contributed by atoms with Gasteiger partial charge >= 0.3 is 5.97 Å². The summed E-state index contributed by atoms with van der Waals surface area (Å²) >= 11 is 0. The number of amides is 1. The molecule has 0 atom stereocenters. The van der Waals surface area contributed by atoms with Crippen LogP contribution in [0.2, 0.25) is 0 Å². The monoisotopic (exact) mass is 432 g/mol. The van der Waals surface area contributed by atoms with E-state index in [0.717, 1.165) is 35.9 Å². The predicted molar refractivity (Wildman–Crippen MR) is 112 cm³/mol. The molecule has 0 bridgehead atoms. The van der Waals surface area contributed by atoms with Gasteiger partial charge in [0.1, 0.15) is 4.90 Å². The van der Waals surface area contributed by atoms with Crippen molar-refractivity contribution in [3.8, 4) is 0 Å². The van der Waals surface area contributed by atoms with E-state index in [0.29, 0.717) is 11.3 Å². The molecule has 1 fully saturated rings. The Bertz CT molecular complexity index is 1020. The van der Waals surface area contributed by atoms with Crippen LogP contribution in [0.25, 0.3) is 0 Å². The molecule has 0 spiro atoms. The molecule has 10 heteroatoms. The first-order chi connectivity index (χ1) is 14.3. The Morgan fingerprint density at radius 1 is 1.23 bits per heavy atom. The predicted octanol–water partition coefficient (Wildman–Crippen LogP) is 1.73. The first-order valence-corrected chi connectivity index (χ1v) is 10.9. The number of sulfonamides is 1. The van der Waals surface area contributed by atoms with Gasteiger partial charge < -0.3 is 15.0 Å². The molecular weight excluding hydrogens is 408 g/mol. The zero-order valence-corrected chi connectivity index (χ0v) is 17.7. The minimum atomic E-state index is -3.85. The number of methoxy groups -OCH3 is 1. The first-order valence-electron chi connectivity index (χ1n) is 9.46. The van der Waals surface area contributed by atoms with Crippen molar-refractivity contribution < 1.29 is 22.7 Å². The average Bonchev–Trinajstić information content (AvgIpc) is 3.28. The standard InChI is InChI=1S/C20H24N4O5S/c1-23(30(27,28)16-6-5-9-21-13-16)14-19(25)22-17-12-15(20(26)29-2)7-8-18(17)24-10-3-4-11-24/h5-9,12-13H,3-4,10-11,14H2,1-2H3,(H,22,25). The van der Waals surface area contributed by atoms with Crippen molar-refractivity contribution in [3.63, 3.8) is 0 Å². The fourth-order valence-corrected chi connectivity index (χ4v) is 4.36. The number of nitrogens with zero attached hydrogens (tertiary/aromatic N) is 3. The summed E-state index contributed by atoms with van der Waals surface area (Å²) in [5.74, 6) is -1.04. The van der Waals surface area contributed by atoms with Crippen LogP contribution in [0.5, 0.6) is 0 Å². The lowest BCUT2D eigenvalue weighted by Crippen LogP contribution is -2.35. The second-order valence-corrected chi connectivity index (χ2v) is 8.96. The van der Waals surface area contributed by atoms with Crippen LogP contribution in [0.15, 0.2) is 47.6 Å². The fraction of sp³-hybridized carbons (Fsp3) is 0.350. The highest BCUT2D eigenvalue weighted by atomic mass is 32.2. The summed E-state index contributed by atoms with van der Waals surface area (Å²) in [7, 11) is -1.24. The Morgan fingerprint density at radius 3 is 2.60 bits per heavy atom. The summed E-state index contributed by atoms with van der Waals surface area (Å²) in [5.41, 5.74) is 1.52. The highest BCUT2D eigenvalue weighted by molar-refractivity contribution is 7.89. The Kier molecular flexibility index (Phi) is 6.68. The van der Waals surface area contributed by atoms with Gasteiger partial charge in [0, 0.05) is 32.5 Å². The van der Waals surface area contributed by atoms with Crippen LogP contribution < -0.4 is 10.2 Å². The summed E-state index contributed by atoms with van der Waals surface area (Å²) in [4.78, 5) is 30.5. The molecule has 2 aromatic rings. The smallest absolute Gasteiger partial charge is 0.337 e. The van der Waals surface area contributed by atoms with Crippen LogP contribution in [0, 0.1) is 0 Å². The van der Waals surface area contributed by atoms with E-state index in [4.69, 9.17) is 4.74 Å². The molecule has 0 radical (unpaired) electrons. The van der Waals surface area contributed by atoms with Crippen LogP contribution in [0.3, 0.4) is 0 Å². The molecule has 0 unspecified atom stereocenters. The number of benzene rings is 1. The maximum atomic E-state index is 12.7. The molecule has 160 valence electrons. The normalized spacial score (nSPS) is 14.0. The van der Waals surface area contributed by atoms with E-state index in [1.165, 1.54) is 38.7 Å². The van der Waals surface area contributed by atoms with E-state index in [2.05, 4.69) is 15.2 Å². The molecule has 9 nitrogen and oxygen atoms in total. The van der Waals surface area contributed by atoms with E-state index < -0.39 is 21.9 Å². The number of pyridine rings is 1. The highest BCUT2D eigenvalue weighted by Crippen LogP contribution is 2.30. The molecule has 30 heavy (non-hydrogen) atoms. The van der Waals surface area contributed by atoms with Crippen molar-refractivity contribution in [2.45, 2.75) is 17.7 Å². The molecule has 1 saturated heterocycles. The Labute approximate surface area is 175 Å². The van der Waals surface area contributed by atoms with E-state index in [9.17, 15) is 18.0 Å². The average molecular weight is 433 g/mol. The number of ether oxygens (including phenoxy) is 1. The van der Waals surface area contributed by atoms with Gasteiger partial charge in [-0.05, 0) is 43.2 Å². The molecule has 1 aromatic heterocycles. The van der Waals surface area contributed by atoms with E-state index >= 15 is 0 Å². The number of likely N-dealkylation sites (N-methyl/N-ethyl adjacent to an activating group) is 1. The highest BCUT2D eigenvalue weighted by Gasteiger charge is 2.24. The van der Waals surface area contributed by atoms with Gasteiger partial charge in [0.2, 0.25) is 15.9 Å². The van der Waals surface area contributed by atoms with E-state index in [1.54, 1.807) is 18.2 Å². The molecule has 1 aromatic carbocycles. The molecule has 3 rings (SSSR count). The van der Waals surface area contributed by atoms with Crippen LogP contribution >= 0.6 is 0 Å². The second-order valence-electron chi connectivity index (χ2n) is 6.92. The lowest BCUT2D eigenvalue weighted by Gasteiger charge is -2.23. The maximum Gasteiger partial charge on any atom is 0.337 e. The van der Waals surface area contributed by atoms with Gasteiger partial charge in [-0.25, -0.2) is 13.2 Å². The maximum absolute atomic E-state index is 12.7. The lowest BCUT2D eigenvalue weighted by atomic mass is 10.1. The number of esters is 1. The summed E-state index contributed by atoms with van der Waals surface area (Å²) in [5, 5.41) is 2.75. The number of carbonyl (C=O) groups is 2. The second kappa shape index (κ2) is 9.23. The van der Waals surface area contributed by atoms with Gasteiger partial charge in [0.25, 0.3) is 0 Å². The SMILES string of the molecule is COC(=O)c1ccc(N2CCCC2)c(NC(=O)CN(C)S(=O)(=O)c2cccnc2)c1. The summed E-state index contributed by atoms with van der Waals surface area (Å²) in [6.07, 6.45) is 4.78. The number of carbonyl (C=O) groups excluding carboxylic acids is 2. The van der Waals surface area contributed by atoms with Crippen molar-refractivity contribution in [1.82, 2.24) is 9.29 Å². The van der Waals surface area contributed by atoms with E-state index in [-0.39, 0.29) is 11.4 Å². The first kappa shape index (κ1) is 21.7. The van der Waals surface area contributed by atoms with Crippen molar-refractivity contribution in [2.75, 3.05) is 44.0 Å². The lowest BCUT2D eigenvalue weighted by molar-refractivity contribution is -0.116. The number of anilines is 2. The van der Waals surface area contributed by atoms with Crippen molar-refractivity contribution in [3.05, 3.63) is 48.3 Å². The molecule has 1 aliphatic rings. The number of nitrogens with one attached hydrogen (secondary N) is 1. The number of hydrogen-bond donors (Lipinski definition) is 1. The zero-order chi connectivity index (χ0) is 21.7. The zero-order valence-electron chi connectivity index (χ0n) is 16.9. The summed E-state index contributed by atoms with van der Waals surface area (Å²) < 4.78 is 30.9. The van der Waals surface area contributed by atoms with Crippen LogP contribution in [-0.4, -0.2) is 63.4 Å². The minimum Gasteiger partial charge on any atom is -0.465 e. The molecule has 2 heterocycles. The van der Waals surface area contributed by atoms with Gasteiger partial charge in [0.05, 0.1) is 30.6 Å². The van der Waals surface area contributed by atoms with Crippen LogP contribution in [-0.2, 0) is 19.6 Å². The third kappa shape index (κ3) is 4.77. The van der Waals surface area contributed by atoms with Gasteiger partial charge in [-0.15, -0.1) is 0 Å². The summed E-state index contributed by atoms with van der Waals surface area (Å²) in [6, 6.07) is 7.90. The Balaban J connectivity index is 1.80. The molecular formula is C20H24N4O5S. The topological polar surface area (TPSA) is 109 Å². The Hall–Kier alpha value is -2.98. The Morgan fingerprint density at radius 2 is 1.97 bits per heavy atom. The summed E-state index contributed by atoms with van der Waals surface area (Å²) in [6.45, 7) is 1.30. The van der Waals surface area contributed by atoms with Gasteiger partial charge in [-0.2, -0.15) is 4.31 Å². The minimum absolute atomic E-state index is 0.00532.